The minimum atomic E-state index is -0.586. The third-order valence-electron chi connectivity index (χ3n) is 5.65. The number of hydrogen-bond acceptors (Lipinski definition) is 5. The molecule has 4 rings (SSSR count). The van der Waals surface area contributed by atoms with Crippen molar-refractivity contribution in [2.24, 2.45) is 0 Å². The van der Waals surface area contributed by atoms with E-state index in [1.54, 1.807) is 12.1 Å². The van der Waals surface area contributed by atoms with Crippen LogP contribution in [-0.2, 0) is 16.0 Å². The molecule has 2 amide bonds. The summed E-state index contributed by atoms with van der Waals surface area (Å²) in [6, 6.07) is 29.7. The summed E-state index contributed by atoms with van der Waals surface area (Å²) >= 11 is 7.68. The van der Waals surface area contributed by atoms with Crippen molar-refractivity contribution in [3.63, 3.8) is 0 Å². The molecule has 6 nitrogen and oxygen atoms in total. The van der Waals surface area contributed by atoms with Gasteiger partial charge in [0, 0.05) is 16.6 Å². The fourth-order valence-electron chi connectivity index (χ4n) is 3.83. The molecule has 194 valence electrons. The zero-order chi connectivity index (χ0) is 26.9. The maximum absolute atomic E-state index is 13.6. The standard InChI is InChI=1S/C30H27ClN2O4S/c1-36-26-19-27(37-2)25(18-24(26)31)33-30(35)29(21-12-7-4-8-13-21)38-23-15-9-14-22(17-23)32-28(34)16-20-10-5-3-6-11-20/h3-15,17-19,29H,16H2,1-2H3,(H,32,34)(H,33,35). The second-order valence-electron chi connectivity index (χ2n) is 8.32. The molecule has 2 N–H and O–H groups in total. The van der Waals surface area contributed by atoms with Crippen LogP contribution >= 0.6 is 23.4 Å². The van der Waals surface area contributed by atoms with E-state index in [0.29, 0.717) is 27.9 Å². The topological polar surface area (TPSA) is 76.7 Å². The third-order valence-corrected chi connectivity index (χ3v) is 7.19. The third kappa shape index (κ3) is 7.09. The highest BCUT2D eigenvalue weighted by Crippen LogP contribution is 2.40. The molecule has 1 unspecified atom stereocenters. The second kappa shape index (κ2) is 13.0. The van der Waals surface area contributed by atoms with Crippen molar-refractivity contribution >= 4 is 46.6 Å². The fourth-order valence-corrected chi connectivity index (χ4v) is 5.15. The van der Waals surface area contributed by atoms with Gasteiger partial charge in [0.2, 0.25) is 11.8 Å². The molecule has 8 heteroatoms. The normalized spacial score (nSPS) is 11.3. The van der Waals surface area contributed by atoms with Gasteiger partial charge in [0.1, 0.15) is 16.7 Å². The summed E-state index contributed by atoms with van der Waals surface area (Å²) in [5, 5.41) is 5.67. The molecule has 0 fully saturated rings. The summed E-state index contributed by atoms with van der Waals surface area (Å²) in [7, 11) is 3.03. The monoisotopic (exact) mass is 546 g/mol. The number of carbonyl (C=O) groups is 2. The van der Waals surface area contributed by atoms with Gasteiger partial charge in [0.15, 0.2) is 0 Å². The molecular weight excluding hydrogens is 520 g/mol. The lowest BCUT2D eigenvalue weighted by Gasteiger charge is -2.19. The average Bonchev–Trinajstić information content (AvgIpc) is 2.93. The van der Waals surface area contributed by atoms with Gasteiger partial charge < -0.3 is 20.1 Å². The Morgan fingerprint density at radius 1 is 0.816 bits per heavy atom. The predicted octanol–water partition coefficient (Wildman–Crippen LogP) is 7.01. The second-order valence-corrected chi connectivity index (χ2v) is 9.91. The van der Waals surface area contributed by atoms with Gasteiger partial charge in [-0.2, -0.15) is 0 Å². The molecule has 0 aromatic heterocycles. The number of thioether (sulfide) groups is 1. The zero-order valence-corrected chi connectivity index (χ0v) is 22.5. The first-order valence-electron chi connectivity index (χ1n) is 11.8. The number of benzene rings is 4. The summed E-state index contributed by atoms with van der Waals surface area (Å²) in [5.74, 6) is 0.514. The van der Waals surface area contributed by atoms with E-state index in [-0.39, 0.29) is 18.2 Å². The Balaban J connectivity index is 1.54. The summed E-state index contributed by atoms with van der Waals surface area (Å²) < 4.78 is 10.7. The number of rotatable bonds is 10. The summed E-state index contributed by atoms with van der Waals surface area (Å²) in [6.45, 7) is 0. The number of ether oxygens (including phenoxy) is 2. The SMILES string of the molecule is COc1cc(OC)c(NC(=O)C(Sc2cccc(NC(=O)Cc3ccccc3)c2)c2ccccc2)cc1Cl. The lowest BCUT2D eigenvalue weighted by molar-refractivity contribution is -0.116. The predicted molar refractivity (Wildman–Crippen MR) is 153 cm³/mol. The van der Waals surface area contributed by atoms with Gasteiger partial charge in [0.25, 0.3) is 0 Å². The Morgan fingerprint density at radius 2 is 1.50 bits per heavy atom. The Hall–Kier alpha value is -3.94. The Kier molecular flexibility index (Phi) is 9.30. The largest absolute Gasteiger partial charge is 0.495 e. The van der Waals surface area contributed by atoms with Crippen LogP contribution in [0.25, 0.3) is 0 Å². The Bertz CT molecular complexity index is 1400. The smallest absolute Gasteiger partial charge is 0.242 e. The molecule has 0 saturated carbocycles. The highest BCUT2D eigenvalue weighted by atomic mass is 35.5. The first-order valence-corrected chi connectivity index (χ1v) is 13.1. The van der Waals surface area contributed by atoms with E-state index in [2.05, 4.69) is 10.6 Å². The Labute approximate surface area is 231 Å². The first kappa shape index (κ1) is 27.1. The lowest BCUT2D eigenvalue weighted by Crippen LogP contribution is -2.19. The van der Waals surface area contributed by atoms with Crippen molar-refractivity contribution < 1.29 is 19.1 Å². The van der Waals surface area contributed by atoms with Crippen LogP contribution in [0.1, 0.15) is 16.4 Å². The summed E-state index contributed by atoms with van der Waals surface area (Å²) in [4.78, 5) is 27.0. The maximum Gasteiger partial charge on any atom is 0.242 e. The van der Waals surface area contributed by atoms with Crippen molar-refractivity contribution in [2.75, 3.05) is 24.9 Å². The number of carbonyl (C=O) groups excluding carboxylic acids is 2. The lowest BCUT2D eigenvalue weighted by atomic mass is 10.1. The maximum atomic E-state index is 13.6. The molecule has 0 radical (unpaired) electrons. The molecule has 0 spiro atoms. The number of halogens is 1. The minimum Gasteiger partial charge on any atom is -0.495 e. The van der Waals surface area contributed by atoms with Crippen LogP contribution in [0.4, 0.5) is 11.4 Å². The van der Waals surface area contributed by atoms with E-state index >= 15 is 0 Å². The summed E-state index contributed by atoms with van der Waals surface area (Å²) in [5.41, 5.74) is 2.86. The van der Waals surface area contributed by atoms with Gasteiger partial charge in [-0.25, -0.2) is 0 Å². The fraction of sp³-hybridized carbons (Fsp3) is 0.133. The number of methoxy groups -OCH3 is 2. The van der Waals surface area contributed by atoms with Crippen molar-refractivity contribution in [1.29, 1.82) is 0 Å². The first-order chi connectivity index (χ1) is 18.5. The molecule has 0 saturated heterocycles. The number of anilines is 2. The van der Waals surface area contributed by atoms with Gasteiger partial charge in [0.05, 0.1) is 31.4 Å². The number of hydrogen-bond donors (Lipinski definition) is 2. The van der Waals surface area contributed by atoms with E-state index in [1.165, 1.54) is 26.0 Å². The molecule has 0 aliphatic rings. The molecule has 0 aliphatic heterocycles. The van der Waals surface area contributed by atoms with Crippen molar-refractivity contribution in [2.45, 2.75) is 16.6 Å². The molecule has 38 heavy (non-hydrogen) atoms. The van der Waals surface area contributed by atoms with Crippen LogP contribution in [0, 0.1) is 0 Å². The van der Waals surface area contributed by atoms with E-state index < -0.39 is 5.25 Å². The highest BCUT2D eigenvalue weighted by molar-refractivity contribution is 8.00. The van der Waals surface area contributed by atoms with E-state index in [0.717, 1.165) is 16.0 Å². The van der Waals surface area contributed by atoms with Crippen molar-refractivity contribution in [1.82, 2.24) is 0 Å². The van der Waals surface area contributed by atoms with Crippen LogP contribution in [0.5, 0.6) is 11.5 Å². The van der Waals surface area contributed by atoms with Gasteiger partial charge >= 0.3 is 0 Å². The molecule has 0 bridgehead atoms. The van der Waals surface area contributed by atoms with Crippen LogP contribution in [0.15, 0.2) is 102 Å². The molecule has 1 atom stereocenters. The number of nitrogens with one attached hydrogen (secondary N) is 2. The average molecular weight is 547 g/mol. The quantitative estimate of drug-likeness (QED) is 0.209. The van der Waals surface area contributed by atoms with Crippen molar-refractivity contribution in [3.05, 3.63) is 113 Å². The molecule has 0 aliphatic carbocycles. The van der Waals surface area contributed by atoms with Crippen LogP contribution in [0.3, 0.4) is 0 Å². The summed E-state index contributed by atoms with van der Waals surface area (Å²) in [6.07, 6.45) is 0.277. The highest BCUT2D eigenvalue weighted by Gasteiger charge is 2.24. The zero-order valence-electron chi connectivity index (χ0n) is 20.9. The van der Waals surface area contributed by atoms with Gasteiger partial charge in [-0.3, -0.25) is 9.59 Å². The van der Waals surface area contributed by atoms with Gasteiger partial charge in [-0.15, -0.1) is 11.8 Å². The molecule has 0 heterocycles. The number of amides is 2. The van der Waals surface area contributed by atoms with E-state index in [1.807, 2.05) is 84.9 Å². The van der Waals surface area contributed by atoms with E-state index in [9.17, 15) is 9.59 Å². The Morgan fingerprint density at radius 3 is 2.18 bits per heavy atom. The molecular formula is C30H27ClN2O4S. The van der Waals surface area contributed by atoms with Crippen molar-refractivity contribution in [3.8, 4) is 11.5 Å². The van der Waals surface area contributed by atoms with E-state index in [4.69, 9.17) is 21.1 Å². The van der Waals surface area contributed by atoms with Gasteiger partial charge in [-0.1, -0.05) is 78.3 Å². The molecule has 4 aromatic carbocycles. The van der Waals surface area contributed by atoms with Gasteiger partial charge in [-0.05, 0) is 35.4 Å². The van der Waals surface area contributed by atoms with Crippen LogP contribution < -0.4 is 20.1 Å². The molecule has 4 aromatic rings. The van der Waals surface area contributed by atoms with Crippen LogP contribution in [-0.4, -0.2) is 26.0 Å². The van der Waals surface area contributed by atoms with Crippen LogP contribution in [0.2, 0.25) is 5.02 Å². The minimum absolute atomic E-state index is 0.112.